The van der Waals surface area contributed by atoms with Crippen molar-refractivity contribution < 1.29 is 9.31 Å². The third kappa shape index (κ3) is 3.25. The third-order valence-corrected chi connectivity index (χ3v) is 2.62. The minimum Gasteiger partial charge on any atom is -0.366 e. The molecule has 0 radical (unpaired) electrons. The van der Waals surface area contributed by atoms with E-state index in [1.165, 1.54) is 24.3 Å². The zero-order valence-electron chi connectivity index (χ0n) is 10.3. The van der Waals surface area contributed by atoms with E-state index in [0.29, 0.717) is 18.1 Å². The van der Waals surface area contributed by atoms with Gasteiger partial charge >= 0.3 is 0 Å². The molecule has 0 saturated carbocycles. The second-order valence-electron chi connectivity index (χ2n) is 4.04. The molecule has 2 aromatic rings. The van der Waals surface area contributed by atoms with E-state index in [-0.39, 0.29) is 11.5 Å². The van der Waals surface area contributed by atoms with Crippen LogP contribution in [0.1, 0.15) is 11.3 Å². The Bertz CT molecular complexity index is 617. The number of nitrogens with zero attached hydrogens (tertiary/aromatic N) is 2. The van der Waals surface area contributed by atoms with Crippen molar-refractivity contribution in [2.75, 3.05) is 5.32 Å². The Morgan fingerprint density at radius 1 is 1.37 bits per heavy atom. The molecule has 19 heavy (non-hydrogen) atoms. The number of rotatable bonds is 4. The molecule has 1 aromatic heterocycles. The van der Waals surface area contributed by atoms with E-state index in [1.54, 1.807) is 19.1 Å². The van der Waals surface area contributed by atoms with Crippen molar-refractivity contribution in [1.29, 1.82) is 0 Å². The minimum absolute atomic E-state index is 0.0173. The molecule has 98 valence electrons. The maximum Gasteiger partial charge on any atom is 0.290 e. The molecule has 6 heteroatoms. The Balaban J connectivity index is 2.08. The van der Waals surface area contributed by atoms with Gasteiger partial charge in [-0.25, -0.2) is 9.37 Å². The Labute approximate surface area is 109 Å². The first-order valence-electron chi connectivity index (χ1n) is 5.66. The fraction of sp³-hybridized carbons (Fsp3) is 0.154. The molecule has 0 aliphatic rings. The van der Waals surface area contributed by atoms with Crippen molar-refractivity contribution >= 4 is 11.5 Å². The average Bonchev–Trinajstić information content (AvgIpc) is 2.36. The first-order chi connectivity index (χ1) is 9.06. The number of pyridine rings is 1. The van der Waals surface area contributed by atoms with Gasteiger partial charge in [-0.3, -0.25) is 10.1 Å². The molecule has 1 aromatic carbocycles. The predicted octanol–water partition coefficient (Wildman–Crippen LogP) is 3.05. The van der Waals surface area contributed by atoms with Crippen LogP contribution in [0, 0.1) is 22.9 Å². The first kappa shape index (κ1) is 12.9. The molecule has 0 spiro atoms. The van der Waals surface area contributed by atoms with E-state index in [1.807, 2.05) is 0 Å². The molecule has 0 saturated heterocycles. The van der Waals surface area contributed by atoms with Crippen molar-refractivity contribution in [3.05, 3.63) is 63.6 Å². The number of halogens is 1. The lowest BCUT2D eigenvalue weighted by molar-refractivity contribution is -0.385. The second-order valence-corrected chi connectivity index (χ2v) is 4.04. The Morgan fingerprint density at radius 2 is 2.16 bits per heavy atom. The summed E-state index contributed by atoms with van der Waals surface area (Å²) in [5.74, 6) is 0.222. The summed E-state index contributed by atoms with van der Waals surface area (Å²) in [4.78, 5) is 14.3. The van der Waals surface area contributed by atoms with E-state index < -0.39 is 4.92 Å². The van der Waals surface area contributed by atoms with Crippen molar-refractivity contribution in [3.8, 4) is 0 Å². The lowest BCUT2D eigenvalue weighted by atomic mass is 10.2. The Kier molecular flexibility index (Phi) is 3.70. The van der Waals surface area contributed by atoms with Gasteiger partial charge in [0.2, 0.25) is 0 Å². The van der Waals surface area contributed by atoms with Gasteiger partial charge in [-0.15, -0.1) is 0 Å². The normalized spacial score (nSPS) is 10.2. The molecule has 0 atom stereocenters. The highest BCUT2D eigenvalue weighted by molar-refractivity contribution is 5.45. The molecule has 1 heterocycles. The summed E-state index contributed by atoms with van der Waals surface area (Å²) in [6.07, 6.45) is 0. The minimum atomic E-state index is -0.474. The van der Waals surface area contributed by atoms with Gasteiger partial charge in [-0.05, 0) is 30.7 Å². The average molecular weight is 261 g/mol. The number of aromatic nitrogens is 1. The maximum absolute atomic E-state index is 13.0. The van der Waals surface area contributed by atoms with Crippen LogP contribution in [-0.2, 0) is 6.54 Å². The number of nitrogens with one attached hydrogen (secondary N) is 1. The van der Waals surface area contributed by atoms with Gasteiger partial charge in [0.15, 0.2) is 0 Å². The number of hydrogen-bond donors (Lipinski definition) is 1. The lowest BCUT2D eigenvalue weighted by Crippen LogP contribution is -2.03. The Morgan fingerprint density at radius 3 is 2.79 bits per heavy atom. The van der Waals surface area contributed by atoms with Crippen molar-refractivity contribution in [3.63, 3.8) is 0 Å². The summed E-state index contributed by atoms with van der Waals surface area (Å²) in [6, 6.07) is 9.14. The zero-order valence-corrected chi connectivity index (χ0v) is 10.3. The number of hydrogen-bond acceptors (Lipinski definition) is 4. The summed E-state index contributed by atoms with van der Waals surface area (Å²) >= 11 is 0. The first-order valence-corrected chi connectivity index (χ1v) is 5.66. The van der Waals surface area contributed by atoms with Crippen LogP contribution in [0.3, 0.4) is 0 Å². The predicted molar refractivity (Wildman–Crippen MR) is 69.4 cm³/mol. The highest BCUT2D eigenvalue weighted by atomic mass is 19.1. The quantitative estimate of drug-likeness (QED) is 0.678. The van der Waals surface area contributed by atoms with E-state index in [9.17, 15) is 14.5 Å². The van der Waals surface area contributed by atoms with E-state index in [0.717, 1.165) is 5.56 Å². The molecule has 0 bridgehead atoms. The smallest absolute Gasteiger partial charge is 0.290 e. The number of aryl methyl sites for hydroxylation is 1. The summed E-state index contributed by atoms with van der Waals surface area (Å²) in [7, 11) is 0. The number of nitro groups is 1. The van der Waals surface area contributed by atoms with Gasteiger partial charge in [0.05, 0.1) is 4.92 Å². The van der Waals surface area contributed by atoms with E-state index in [2.05, 4.69) is 10.3 Å². The van der Waals surface area contributed by atoms with Crippen LogP contribution in [0.2, 0.25) is 0 Å². The monoisotopic (exact) mass is 261 g/mol. The highest BCUT2D eigenvalue weighted by Crippen LogP contribution is 2.18. The molecular weight excluding hydrogens is 249 g/mol. The fourth-order valence-electron chi connectivity index (χ4n) is 1.68. The van der Waals surface area contributed by atoms with Gasteiger partial charge < -0.3 is 5.32 Å². The molecule has 0 unspecified atom stereocenters. The SMILES string of the molecule is Cc1nc(NCc2cccc(F)c2)ccc1[N+](=O)[O-]. The fourth-order valence-corrected chi connectivity index (χ4v) is 1.68. The van der Waals surface area contributed by atoms with E-state index >= 15 is 0 Å². The Hall–Kier alpha value is -2.50. The van der Waals surface area contributed by atoms with Crippen LogP contribution in [0.5, 0.6) is 0 Å². The lowest BCUT2D eigenvalue weighted by Gasteiger charge is -2.06. The van der Waals surface area contributed by atoms with Crippen LogP contribution < -0.4 is 5.32 Å². The zero-order chi connectivity index (χ0) is 13.8. The van der Waals surface area contributed by atoms with Gasteiger partial charge in [-0.2, -0.15) is 0 Å². The molecular formula is C13H12FN3O2. The maximum atomic E-state index is 13.0. The summed E-state index contributed by atoms with van der Waals surface area (Å²) in [6.45, 7) is 1.98. The van der Waals surface area contributed by atoms with E-state index in [4.69, 9.17) is 0 Å². The van der Waals surface area contributed by atoms with Gasteiger partial charge in [-0.1, -0.05) is 12.1 Å². The summed E-state index contributed by atoms with van der Waals surface area (Å²) in [5, 5.41) is 13.6. The number of benzene rings is 1. The van der Waals surface area contributed by atoms with Crippen molar-refractivity contribution in [1.82, 2.24) is 4.98 Å². The molecule has 1 N–H and O–H groups in total. The van der Waals surface area contributed by atoms with Gasteiger partial charge in [0.25, 0.3) is 5.69 Å². The van der Waals surface area contributed by atoms with Crippen LogP contribution >= 0.6 is 0 Å². The van der Waals surface area contributed by atoms with Gasteiger partial charge in [0.1, 0.15) is 17.3 Å². The van der Waals surface area contributed by atoms with Crippen LogP contribution in [0.15, 0.2) is 36.4 Å². The standard InChI is InChI=1S/C13H12FN3O2/c1-9-12(17(18)19)5-6-13(16-9)15-8-10-3-2-4-11(14)7-10/h2-7H,8H2,1H3,(H,15,16). The number of anilines is 1. The van der Waals surface area contributed by atoms with Crippen LogP contribution in [0.4, 0.5) is 15.9 Å². The van der Waals surface area contributed by atoms with Gasteiger partial charge in [0, 0.05) is 12.6 Å². The molecule has 5 nitrogen and oxygen atoms in total. The van der Waals surface area contributed by atoms with Crippen molar-refractivity contribution in [2.24, 2.45) is 0 Å². The van der Waals surface area contributed by atoms with Crippen molar-refractivity contribution in [2.45, 2.75) is 13.5 Å². The highest BCUT2D eigenvalue weighted by Gasteiger charge is 2.11. The molecule has 0 fully saturated rings. The van der Waals surface area contributed by atoms with Crippen LogP contribution in [0.25, 0.3) is 0 Å². The summed E-state index contributed by atoms with van der Waals surface area (Å²) < 4.78 is 13.0. The third-order valence-electron chi connectivity index (χ3n) is 2.62. The molecule has 0 aliphatic carbocycles. The largest absolute Gasteiger partial charge is 0.366 e. The second kappa shape index (κ2) is 5.43. The van der Waals surface area contributed by atoms with Crippen LogP contribution in [-0.4, -0.2) is 9.91 Å². The molecule has 2 rings (SSSR count). The topological polar surface area (TPSA) is 68.1 Å². The molecule has 0 amide bonds. The summed E-state index contributed by atoms with van der Waals surface area (Å²) in [5.41, 5.74) is 1.10. The molecule has 0 aliphatic heterocycles.